The van der Waals surface area contributed by atoms with E-state index in [1.807, 2.05) is 0 Å². The minimum Gasteiger partial charge on any atom is -0.465 e. The number of halogens is 2. The van der Waals surface area contributed by atoms with Crippen molar-refractivity contribution in [2.45, 2.75) is 19.4 Å². The molecular formula is C17H16ClFN2O3. The van der Waals surface area contributed by atoms with Crippen LogP contribution in [-0.2, 0) is 16.0 Å². The molecule has 0 bridgehead atoms. The highest BCUT2D eigenvalue weighted by Crippen LogP contribution is 2.27. The molecule has 0 aliphatic heterocycles. The van der Waals surface area contributed by atoms with E-state index in [1.54, 1.807) is 6.07 Å². The van der Waals surface area contributed by atoms with E-state index in [9.17, 15) is 14.0 Å². The third kappa shape index (κ3) is 3.96. The lowest BCUT2D eigenvalue weighted by Gasteiger charge is -2.13. The number of carbonyl (C=O) groups is 2. The predicted molar refractivity (Wildman–Crippen MR) is 87.4 cm³/mol. The van der Waals surface area contributed by atoms with Crippen molar-refractivity contribution in [3.8, 4) is 0 Å². The Kier molecular flexibility index (Phi) is 5.64. The van der Waals surface area contributed by atoms with E-state index in [0.29, 0.717) is 11.1 Å². The molecule has 0 saturated heterocycles. The molecule has 2 aromatic rings. The number of nitrogens with two attached hydrogens (primary N) is 1. The third-order valence-electron chi connectivity index (χ3n) is 3.55. The van der Waals surface area contributed by atoms with Crippen LogP contribution in [0.2, 0.25) is 5.02 Å². The van der Waals surface area contributed by atoms with Crippen molar-refractivity contribution in [3.63, 3.8) is 0 Å². The summed E-state index contributed by atoms with van der Waals surface area (Å²) in [6.45, 7) is 1.32. The van der Waals surface area contributed by atoms with Crippen molar-refractivity contribution in [1.29, 1.82) is 0 Å². The number of methoxy groups -OCH3 is 1. The van der Waals surface area contributed by atoms with Gasteiger partial charge in [-0.3, -0.25) is 9.78 Å². The second-order valence-corrected chi connectivity index (χ2v) is 5.71. The number of ether oxygens (including phenoxy) is 1. The number of rotatable bonds is 5. The van der Waals surface area contributed by atoms with E-state index in [1.165, 1.54) is 38.6 Å². The highest BCUT2D eigenvalue weighted by Gasteiger charge is 2.18. The van der Waals surface area contributed by atoms with Crippen molar-refractivity contribution < 1.29 is 18.7 Å². The quantitative estimate of drug-likeness (QED) is 0.838. The molecule has 2 N–H and O–H groups in total. The highest BCUT2D eigenvalue weighted by atomic mass is 35.5. The number of hydrogen-bond donors (Lipinski definition) is 1. The normalized spacial score (nSPS) is 11.9. The number of benzene rings is 1. The molecule has 0 aliphatic carbocycles. The van der Waals surface area contributed by atoms with Gasteiger partial charge in [0.25, 0.3) is 0 Å². The summed E-state index contributed by atoms with van der Waals surface area (Å²) in [4.78, 5) is 26.8. The standard InChI is InChI=1S/C17H16ClFN2O3/c1-9(22)16(20)13-6-15(19)11(5-14(13)18)3-10-4-12(8-21-7-10)17(23)24-2/h4-8,16H,3,20H2,1-2H3. The van der Waals surface area contributed by atoms with E-state index >= 15 is 0 Å². The maximum absolute atomic E-state index is 14.3. The van der Waals surface area contributed by atoms with Gasteiger partial charge in [-0.2, -0.15) is 0 Å². The molecule has 1 unspecified atom stereocenters. The largest absolute Gasteiger partial charge is 0.465 e. The minimum atomic E-state index is -0.967. The number of carbonyl (C=O) groups excluding carboxylic acids is 2. The molecule has 0 amide bonds. The Morgan fingerprint density at radius 2 is 2.04 bits per heavy atom. The first-order valence-electron chi connectivity index (χ1n) is 7.09. The van der Waals surface area contributed by atoms with E-state index in [0.717, 1.165) is 0 Å². The third-order valence-corrected chi connectivity index (χ3v) is 3.88. The number of aromatic nitrogens is 1. The molecule has 7 heteroatoms. The van der Waals surface area contributed by atoms with E-state index in [-0.39, 0.29) is 28.4 Å². The molecule has 1 heterocycles. The first kappa shape index (κ1) is 18.0. The molecule has 2 rings (SSSR count). The second-order valence-electron chi connectivity index (χ2n) is 5.30. The van der Waals surface area contributed by atoms with Gasteiger partial charge in [-0.1, -0.05) is 11.6 Å². The fraction of sp³-hybridized carbons (Fsp3) is 0.235. The Hall–Kier alpha value is -2.31. The van der Waals surface area contributed by atoms with Gasteiger partial charge in [-0.25, -0.2) is 9.18 Å². The average molecular weight is 351 g/mol. The van der Waals surface area contributed by atoms with Crippen molar-refractivity contribution in [1.82, 2.24) is 4.98 Å². The van der Waals surface area contributed by atoms with Crippen LogP contribution in [0.15, 0.2) is 30.6 Å². The van der Waals surface area contributed by atoms with Crippen LogP contribution in [0.3, 0.4) is 0 Å². The van der Waals surface area contributed by atoms with Crippen LogP contribution in [0.4, 0.5) is 4.39 Å². The van der Waals surface area contributed by atoms with Crippen LogP contribution < -0.4 is 5.73 Å². The summed E-state index contributed by atoms with van der Waals surface area (Å²) in [7, 11) is 1.27. The Balaban J connectivity index is 2.33. The highest BCUT2D eigenvalue weighted by molar-refractivity contribution is 6.31. The van der Waals surface area contributed by atoms with Crippen molar-refractivity contribution in [3.05, 3.63) is 63.7 Å². The lowest BCUT2D eigenvalue weighted by Crippen LogP contribution is -2.19. The van der Waals surface area contributed by atoms with Crippen LogP contribution in [0.5, 0.6) is 0 Å². The van der Waals surface area contributed by atoms with Gasteiger partial charge in [0, 0.05) is 23.8 Å². The topological polar surface area (TPSA) is 82.3 Å². The van der Waals surface area contributed by atoms with Gasteiger partial charge in [0.1, 0.15) is 5.82 Å². The monoisotopic (exact) mass is 350 g/mol. The van der Waals surface area contributed by atoms with Gasteiger partial charge in [0.15, 0.2) is 5.78 Å². The lowest BCUT2D eigenvalue weighted by molar-refractivity contribution is -0.118. The summed E-state index contributed by atoms with van der Waals surface area (Å²) in [5.41, 5.74) is 7.16. The molecule has 0 radical (unpaired) electrons. The van der Waals surface area contributed by atoms with Crippen molar-refractivity contribution in [2.24, 2.45) is 5.73 Å². The number of Topliss-reactive ketones (excluding diaryl/α,β-unsaturated/α-hetero) is 1. The molecule has 1 aromatic heterocycles. The fourth-order valence-electron chi connectivity index (χ4n) is 2.23. The Morgan fingerprint density at radius 1 is 1.33 bits per heavy atom. The summed E-state index contributed by atoms with van der Waals surface area (Å²) in [5, 5.41) is 0.214. The molecule has 1 aromatic carbocycles. The molecule has 126 valence electrons. The molecule has 0 spiro atoms. The number of pyridine rings is 1. The summed E-state index contributed by atoms with van der Waals surface area (Å²) < 4.78 is 19.0. The molecule has 0 aliphatic rings. The summed E-state index contributed by atoms with van der Waals surface area (Å²) in [6.07, 6.45) is 3.07. The molecule has 0 fully saturated rings. The molecule has 24 heavy (non-hydrogen) atoms. The number of esters is 1. The summed E-state index contributed by atoms with van der Waals surface area (Å²) >= 11 is 6.12. The number of ketones is 1. The molecular weight excluding hydrogens is 335 g/mol. The zero-order chi connectivity index (χ0) is 17.9. The summed E-state index contributed by atoms with van der Waals surface area (Å²) in [6, 6.07) is 3.20. The maximum atomic E-state index is 14.3. The first-order chi connectivity index (χ1) is 11.3. The lowest BCUT2D eigenvalue weighted by atomic mass is 9.99. The van der Waals surface area contributed by atoms with E-state index in [4.69, 9.17) is 17.3 Å². The molecule has 1 atom stereocenters. The van der Waals surface area contributed by atoms with Crippen LogP contribution in [0.1, 0.15) is 40.0 Å². The summed E-state index contributed by atoms with van der Waals surface area (Å²) in [5.74, 6) is -1.36. The minimum absolute atomic E-state index is 0.180. The number of nitrogens with zero attached hydrogens (tertiary/aromatic N) is 1. The predicted octanol–water partition coefficient (Wildman–Crippen LogP) is 2.84. The van der Waals surface area contributed by atoms with Gasteiger partial charge in [-0.05, 0) is 41.8 Å². The maximum Gasteiger partial charge on any atom is 0.339 e. The first-order valence-corrected chi connectivity index (χ1v) is 7.47. The fourth-order valence-corrected chi connectivity index (χ4v) is 2.53. The van der Waals surface area contributed by atoms with Crippen LogP contribution in [-0.4, -0.2) is 23.8 Å². The van der Waals surface area contributed by atoms with Crippen LogP contribution >= 0.6 is 11.6 Å². The van der Waals surface area contributed by atoms with Gasteiger partial charge in [-0.15, -0.1) is 0 Å². The van der Waals surface area contributed by atoms with Crippen LogP contribution in [0, 0.1) is 5.82 Å². The van der Waals surface area contributed by atoms with E-state index in [2.05, 4.69) is 9.72 Å². The van der Waals surface area contributed by atoms with Gasteiger partial charge >= 0.3 is 5.97 Å². The Labute approximate surface area is 143 Å². The SMILES string of the molecule is COC(=O)c1cncc(Cc2cc(Cl)c(C(N)C(C)=O)cc2F)c1. The van der Waals surface area contributed by atoms with Gasteiger partial charge in [0.2, 0.25) is 0 Å². The number of hydrogen-bond acceptors (Lipinski definition) is 5. The van der Waals surface area contributed by atoms with Gasteiger partial charge in [0.05, 0.1) is 18.7 Å². The Morgan fingerprint density at radius 3 is 2.67 bits per heavy atom. The van der Waals surface area contributed by atoms with Crippen LogP contribution in [0.25, 0.3) is 0 Å². The van der Waals surface area contributed by atoms with E-state index < -0.39 is 17.8 Å². The molecule has 0 saturated carbocycles. The smallest absolute Gasteiger partial charge is 0.339 e. The molecule has 5 nitrogen and oxygen atoms in total. The van der Waals surface area contributed by atoms with Crippen molar-refractivity contribution in [2.75, 3.05) is 7.11 Å². The Bertz CT molecular complexity index is 795. The average Bonchev–Trinajstić information content (AvgIpc) is 2.56. The van der Waals surface area contributed by atoms with Crippen molar-refractivity contribution >= 4 is 23.4 Å². The zero-order valence-corrected chi connectivity index (χ0v) is 13.9. The second kappa shape index (κ2) is 7.51. The van der Waals surface area contributed by atoms with Gasteiger partial charge < -0.3 is 10.5 Å². The zero-order valence-electron chi connectivity index (χ0n) is 13.2.